The maximum absolute atomic E-state index is 5.75. The van der Waals surface area contributed by atoms with Gasteiger partial charge in [0.25, 0.3) is 0 Å². The Bertz CT molecular complexity index is 542. The summed E-state index contributed by atoms with van der Waals surface area (Å²) >= 11 is 0. The van der Waals surface area contributed by atoms with Gasteiger partial charge < -0.3 is 10.5 Å². The fraction of sp³-hybridized carbons (Fsp3) is 0.267. The lowest BCUT2D eigenvalue weighted by molar-refractivity contribution is 0.306. The summed E-state index contributed by atoms with van der Waals surface area (Å²) in [6.07, 6.45) is 1.74. The molecule has 4 heteroatoms. The molecule has 0 aliphatic carbocycles. The monoisotopic (exact) mass is 257 g/mol. The third kappa shape index (κ3) is 3.69. The number of hydrogen-bond donors (Lipinski definition) is 1. The van der Waals surface area contributed by atoms with Gasteiger partial charge in [-0.25, -0.2) is 0 Å². The number of nitrogens with zero attached hydrogens (tertiary/aromatic N) is 2. The molecule has 0 radical (unpaired) electrons. The number of pyridine rings is 1. The fourth-order valence-corrected chi connectivity index (χ4v) is 2.04. The lowest BCUT2D eigenvalue weighted by atomic mass is 10.2. The van der Waals surface area contributed by atoms with E-state index in [0.29, 0.717) is 0 Å². The van der Waals surface area contributed by atoms with Crippen LogP contribution >= 0.6 is 0 Å². The molecular weight excluding hydrogens is 238 g/mol. The average molecular weight is 257 g/mol. The highest BCUT2D eigenvalue weighted by atomic mass is 16.5. The van der Waals surface area contributed by atoms with E-state index in [4.69, 9.17) is 10.5 Å². The molecule has 0 aliphatic heterocycles. The Labute approximate surface area is 113 Å². The van der Waals surface area contributed by atoms with Crippen LogP contribution in [0.2, 0.25) is 0 Å². The number of ether oxygens (including phenoxy) is 1. The van der Waals surface area contributed by atoms with E-state index in [1.807, 2.05) is 24.3 Å². The number of aromatic nitrogens is 1. The van der Waals surface area contributed by atoms with Crippen molar-refractivity contribution in [3.8, 4) is 5.75 Å². The lowest BCUT2D eigenvalue weighted by Crippen LogP contribution is -2.18. The number of anilines is 1. The van der Waals surface area contributed by atoms with Gasteiger partial charge in [0.1, 0.15) is 5.75 Å². The van der Waals surface area contributed by atoms with E-state index < -0.39 is 0 Å². The second kappa shape index (κ2) is 6.20. The summed E-state index contributed by atoms with van der Waals surface area (Å²) in [4.78, 5) is 6.49. The topological polar surface area (TPSA) is 51.4 Å². The van der Waals surface area contributed by atoms with Crippen molar-refractivity contribution in [3.05, 3.63) is 53.9 Å². The molecule has 0 saturated carbocycles. The van der Waals surface area contributed by atoms with Crippen molar-refractivity contribution in [2.75, 3.05) is 19.9 Å². The van der Waals surface area contributed by atoms with Crippen LogP contribution in [0.1, 0.15) is 11.3 Å². The first-order valence-electron chi connectivity index (χ1n) is 6.20. The number of hydrogen-bond acceptors (Lipinski definition) is 4. The average Bonchev–Trinajstić information content (AvgIpc) is 2.39. The molecule has 0 unspecified atom stereocenters. The van der Waals surface area contributed by atoms with Gasteiger partial charge in [0, 0.05) is 30.5 Å². The van der Waals surface area contributed by atoms with Gasteiger partial charge in [-0.15, -0.1) is 0 Å². The molecule has 0 bridgehead atoms. The Balaban J connectivity index is 2.03. The minimum atomic E-state index is 0.746. The molecule has 1 aromatic carbocycles. The number of nitrogen functional groups attached to an aromatic ring is 1. The Kier molecular flexibility index (Phi) is 4.36. The Hall–Kier alpha value is -2.07. The molecule has 19 heavy (non-hydrogen) atoms. The maximum Gasteiger partial charge on any atom is 0.123 e. The molecule has 1 aromatic heterocycles. The smallest absolute Gasteiger partial charge is 0.123 e. The van der Waals surface area contributed by atoms with Gasteiger partial charge in [0.15, 0.2) is 0 Å². The predicted molar refractivity (Wildman–Crippen MR) is 76.8 cm³/mol. The minimum Gasteiger partial charge on any atom is -0.496 e. The van der Waals surface area contributed by atoms with Crippen molar-refractivity contribution in [1.29, 1.82) is 0 Å². The van der Waals surface area contributed by atoms with Gasteiger partial charge in [-0.05, 0) is 25.2 Å². The molecular formula is C15H19N3O. The number of benzene rings is 1. The SMILES string of the molecule is COc1ccccc1CN(C)Cc1cc(N)ccn1. The molecule has 2 rings (SSSR count). The number of methoxy groups -OCH3 is 1. The maximum atomic E-state index is 5.75. The molecule has 1 heterocycles. The van der Waals surface area contributed by atoms with Crippen molar-refractivity contribution in [1.82, 2.24) is 9.88 Å². The highest BCUT2D eigenvalue weighted by Gasteiger charge is 2.07. The van der Waals surface area contributed by atoms with Gasteiger partial charge in [0.05, 0.1) is 12.8 Å². The van der Waals surface area contributed by atoms with E-state index in [1.165, 1.54) is 0 Å². The normalized spacial score (nSPS) is 10.7. The van der Waals surface area contributed by atoms with Crippen LogP contribution in [0.15, 0.2) is 42.6 Å². The summed E-state index contributed by atoms with van der Waals surface area (Å²) in [6, 6.07) is 11.7. The van der Waals surface area contributed by atoms with Crippen molar-refractivity contribution in [2.24, 2.45) is 0 Å². The van der Waals surface area contributed by atoms with Crippen LogP contribution in [0, 0.1) is 0 Å². The molecule has 4 nitrogen and oxygen atoms in total. The van der Waals surface area contributed by atoms with Crippen LogP contribution < -0.4 is 10.5 Å². The lowest BCUT2D eigenvalue weighted by Gasteiger charge is -2.18. The molecule has 0 fully saturated rings. The van der Waals surface area contributed by atoms with E-state index in [1.54, 1.807) is 19.4 Å². The molecule has 0 aliphatic rings. The molecule has 2 aromatic rings. The van der Waals surface area contributed by atoms with Crippen molar-refractivity contribution < 1.29 is 4.74 Å². The number of rotatable bonds is 5. The Morgan fingerprint density at radius 2 is 2.00 bits per heavy atom. The van der Waals surface area contributed by atoms with E-state index in [0.717, 1.165) is 35.8 Å². The van der Waals surface area contributed by atoms with Crippen LogP contribution in [0.4, 0.5) is 5.69 Å². The number of para-hydroxylation sites is 1. The predicted octanol–water partition coefficient (Wildman–Crippen LogP) is 2.30. The second-order valence-corrected chi connectivity index (χ2v) is 4.56. The van der Waals surface area contributed by atoms with Crippen molar-refractivity contribution >= 4 is 5.69 Å². The summed E-state index contributed by atoms with van der Waals surface area (Å²) in [5, 5.41) is 0. The summed E-state index contributed by atoms with van der Waals surface area (Å²) in [6.45, 7) is 1.56. The van der Waals surface area contributed by atoms with Gasteiger partial charge in [-0.1, -0.05) is 18.2 Å². The van der Waals surface area contributed by atoms with Crippen molar-refractivity contribution in [3.63, 3.8) is 0 Å². The Morgan fingerprint density at radius 3 is 2.74 bits per heavy atom. The minimum absolute atomic E-state index is 0.746. The van der Waals surface area contributed by atoms with Gasteiger partial charge >= 0.3 is 0 Å². The van der Waals surface area contributed by atoms with Crippen LogP contribution in [0.25, 0.3) is 0 Å². The molecule has 0 atom stereocenters. The standard InChI is InChI=1S/C15H19N3O/c1-18(11-14-9-13(16)7-8-17-14)10-12-5-3-4-6-15(12)19-2/h3-9H,10-11H2,1-2H3,(H2,16,17). The highest BCUT2D eigenvalue weighted by molar-refractivity contribution is 5.37. The van der Waals surface area contributed by atoms with Gasteiger partial charge in [-0.3, -0.25) is 9.88 Å². The van der Waals surface area contributed by atoms with Crippen molar-refractivity contribution in [2.45, 2.75) is 13.1 Å². The summed E-state index contributed by atoms with van der Waals surface area (Å²) in [7, 11) is 3.75. The summed E-state index contributed by atoms with van der Waals surface area (Å²) in [5.74, 6) is 0.912. The van der Waals surface area contributed by atoms with Crippen LogP contribution in [-0.2, 0) is 13.1 Å². The quantitative estimate of drug-likeness (QED) is 0.893. The van der Waals surface area contributed by atoms with Crippen LogP contribution in [0.5, 0.6) is 5.75 Å². The zero-order valence-corrected chi connectivity index (χ0v) is 11.3. The first-order chi connectivity index (χ1) is 9.19. The molecule has 0 amide bonds. The van der Waals surface area contributed by atoms with E-state index in [2.05, 4.69) is 23.0 Å². The first-order valence-corrected chi connectivity index (χ1v) is 6.20. The van der Waals surface area contributed by atoms with E-state index >= 15 is 0 Å². The fourth-order valence-electron chi connectivity index (χ4n) is 2.04. The highest BCUT2D eigenvalue weighted by Crippen LogP contribution is 2.19. The summed E-state index contributed by atoms with van der Waals surface area (Å²) < 4.78 is 5.35. The molecule has 2 N–H and O–H groups in total. The molecule has 100 valence electrons. The third-order valence-electron chi connectivity index (χ3n) is 2.91. The summed E-state index contributed by atoms with van der Waals surface area (Å²) in [5.41, 5.74) is 8.63. The molecule has 0 saturated heterocycles. The van der Waals surface area contributed by atoms with E-state index in [9.17, 15) is 0 Å². The van der Waals surface area contributed by atoms with E-state index in [-0.39, 0.29) is 0 Å². The second-order valence-electron chi connectivity index (χ2n) is 4.56. The Morgan fingerprint density at radius 1 is 1.21 bits per heavy atom. The first kappa shape index (κ1) is 13.4. The zero-order valence-electron chi connectivity index (χ0n) is 11.3. The number of nitrogens with two attached hydrogens (primary N) is 1. The van der Waals surface area contributed by atoms with Crippen LogP contribution in [-0.4, -0.2) is 24.0 Å². The largest absolute Gasteiger partial charge is 0.496 e. The zero-order chi connectivity index (χ0) is 13.7. The van der Waals surface area contributed by atoms with Gasteiger partial charge in [0.2, 0.25) is 0 Å². The third-order valence-corrected chi connectivity index (χ3v) is 2.91. The molecule has 0 spiro atoms. The van der Waals surface area contributed by atoms with Gasteiger partial charge in [-0.2, -0.15) is 0 Å². The van der Waals surface area contributed by atoms with Crippen LogP contribution in [0.3, 0.4) is 0 Å².